The molecule has 0 radical (unpaired) electrons. The fourth-order valence-electron chi connectivity index (χ4n) is 3.47. The van der Waals surface area contributed by atoms with E-state index in [4.69, 9.17) is 9.15 Å². The minimum absolute atomic E-state index is 0.0323. The summed E-state index contributed by atoms with van der Waals surface area (Å²) in [6.45, 7) is 2.83. The summed E-state index contributed by atoms with van der Waals surface area (Å²) in [6.07, 6.45) is 0.901. The summed E-state index contributed by atoms with van der Waals surface area (Å²) in [7, 11) is 0. The lowest BCUT2D eigenvalue weighted by atomic mass is 10.1. The van der Waals surface area contributed by atoms with Crippen molar-refractivity contribution in [2.24, 2.45) is 0 Å². The van der Waals surface area contributed by atoms with Gasteiger partial charge in [-0.2, -0.15) is 0 Å². The number of amides is 1. The number of hydrogen-bond acceptors (Lipinski definition) is 3. The third-order valence-corrected chi connectivity index (χ3v) is 5.50. The highest BCUT2D eigenvalue weighted by atomic mass is 79.9. The van der Waals surface area contributed by atoms with Crippen molar-refractivity contribution >= 4 is 32.8 Å². The second-order valence-electron chi connectivity index (χ2n) is 6.88. The molecule has 28 heavy (non-hydrogen) atoms. The van der Waals surface area contributed by atoms with Crippen LogP contribution < -0.4 is 4.74 Å². The van der Waals surface area contributed by atoms with Gasteiger partial charge in [-0.15, -0.1) is 0 Å². The number of furan rings is 1. The number of nitrogens with zero attached hydrogens (tertiary/aromatic N) is 1. The molecule has 2 aromatic carbocycles. The third kappa shape index (κ3) is 3.63. The molecule has 0 bridgehead atoms. The van der Waals surface area contributed by atoms with E-state index in [0.717, 1.165) is 21.5 Å². The molecule has 0 N–H and O–H groups in total. The van der Waals surface area contributed by atoms with E-state index >= 15 is 0 Å². The van der Waals surface area contributed by atoms with Crippen LogP contribution in [-0.4, -0.2) is 30.0 Å². The zero-order valence-electron chi connectivity index (χ0n) is 15.2. The Hall–Kier alpha value is -2.41. The maximum absolute atomic E-state index is 13.8. The number of ether oxygens (including phenoxy) is 1. The molecule has 4 nitrogen and oxygen atoms in total. The Balaban J connectivity index is 1.43. The zero-order valence-corrected chi connectivity index (χ0v) is 16.8. The van der Waals surface area contributed by atoms with Gasteiger partial charge in [-0.05, 0) is 37.3 Å². The van der Waals surface area contributed by atoms with Gasteiger partial charge in [0.05, 0.1) is 0 Å². The predicted molar refractivity (Wildman–Crippen MR) is 105 cm³/mol. The largest absolute Gasteiger partial charge is 0.487 e. The fraction of sp³-hybridized carbons (Fsp3) is 0.286. The summed E-state index contributed by atoms with van der Waals surface area (Å²) in [5, 5.41) is 0.905. The normalized spacial score (nSPS) is 15.2. The van der Waals surface area contributed by atoms with Crippen molar-refractivity contribution in [2.45, 2.75) is 25.9 Å². The number of rotatable bonds is 3. The van der Waals surface area contributed by atoms with Crippen molar-refractivity contribution in [3.05, 3.63) is 63.8 Å². The lowest BCUT2D eigenvalue weighted by Crippen LogP contribution is -2.41. The number of hydrogen-bond donors (Lipinski definition) is 0. The van der Waals surface area contributed by atoms with Gasteiger partial charge < -0.3 is 14.1 Å². The summed E-state index contributed by atoms with van der Waals surface area (Å²) in [4.78, 5) is 14.6. The van der Waals surface area contributed by atoms with E-state index in [0.29, 0.717) is 37.3 Å². The Morgan fingerprint density at radius 2 is 1.93 bits per heavy atom. The first-order chi connectivity index (χ1) is 13.4. The van der Waals surface area contributed by atoms with Gasteiger partial charge in [-0.1, -0.05) is 15.9 Å². The molecule has 1 aliphatic heterocycles. The number of likely N-dealkylation sites (tertiary alicyclic amines) is 1. The van der Waals surface area contributed by atoms with Gasteiger partial charge in [0, 0.05) is 47.4 Å². The van der Waals surface area contributed by atoms with Crippen LogP contribution in [-0.2, 0) is 0 Å². The minimum atomic E-state index is -0.720. The van der Waals surface area contributed by atoms with Crippen LogP contribution in [0.25, 0.3) is 11.0 Å². The first-order valence-corrected chi connectivity index (χ1v) is 9.81. The number of fused-ring (bicyclic) bond motifs is 1. The quantitative estimate of drug-likeness (QED) is 0.532. The average Bonchev–Trinajstić information content (AvgIpc) is 3.00. The highest BCUT2D eigenvalue weighted by Gasteiger charge is 2.28. The Bertz CT molecular complexity index is 1040. The molecular weight excluding hydrogens is 432 g/mol. The van der Waals surface area contributed by atoms with Gasteiger partial charge in [0.1, 0.15) is 17.5 Å². The molecule has 3 aromatic rings. The molecule has 0 aliphatic carbocycles. The van der Waals surface area contributed by atoms with Crippen molar-refractivity contribution in [3.8, 4) is 5.75 Å². The molecule has 1 aromatic heterocycles. The second kappa shape index (κ2) is 7.54. The van der Waals surface area contributed by atoms with Crippen LogP contribution in [0.2, 0.25) is 0 Å². The van der Waals surface area contributed by atoms with Crippen LogP contribution >= 0.6 is 15.9 Å². The molecule has 7 heteroatoms. The maximum atomic E-state index is 13.8. The zero-order chi connectivity index (χ0) is 19.8. The van der Waals surface area contributed by atoms with Crippen LogP contribution in [0.5, 0.6) is 5.75 Å². The van der Waals surface area contributed by atoms with Gasteiger partial charge in [-0.3, -0.25) is 4.79 Å². The molecule has 0 saturated carbocycles. The van der Waals surface area contributed by atoms with Gasteiger partial charge in [0.15, 0.2) is 17.3 Å². The third-order valence-electron chi connectivity index (χ3n) is 5.01. The smallest absolute Gasteiger partial charge is 0.289 e. The summed E-state index contributed by atoms with van der Waals surface area (Å²) in [5.41, 5.74) is 1.49. The number of halogens is 3. The SMILES string of the molecule is Cc1c(C(=O)N2CCC(Oc3ccc(F)cc3F)CC2)oc2ccc(Br)cc12. The molecule has 4 rings (SSSR count). The topological polar surface area (TPSA) is 42.7 Å². The molecule has 1 fully saturated rings. The maximum Gasteiger partial charge on any atom is 0.289 e. The monoisotopic (exact) mass is 449 g/mol. The highest BCUT2D eigenvalue weighted by molar-refractivity contribution is 9.10. The predicted octanol–water partition coefficient (Wildman–Crippen LogP) is 5.47. The average molecular weight is 450 g/mol. The number of aryl methyl sites for hydroxylation is 1. The standard InChI is InChI=1S/C21H18BrF2NO3/c1-12-16-10-13(22)2-4-18(16)28-20(12)21(26)25-8-6-15(7-9-25)27-19-5-3-14(23)11-17(19)24/h2-5,10-11,15H,6-9H2,1H3. The molecular formula is C21H18BrF2NO3. The van der Waals surface area contributed by atoms with Crippen molar-refractivity contribution in [1.29, 1.82) is 0 Å². The lowest BCUT2D eigenvalue weighted by molar-refractivity contribution is 0.0561. The van der Waals surface area contributed by atoms with Gasteiger partial charge in [0.2, 0.25) is 0 Å². The molecule has 1 saturated heterocycles. The van der Waals surface area contributed by atoms with Crippen LogP contribution in [0.1, 0.15) is 29.0 Å². The number of benzene rings is 2. The first-order valence-electron chi connectivity index (χ1n) is 9.02. The lowest BCUT2D eigenvalue weighted by Gasteiger charge is -2.31. The first kappa shape index (κ1) is 18.9. The Morgan fingerprint density at radius 3 is 2.64 bits per heavy atom. The van der Waals surface area contributed by atoms with E-state index < -0.39 is 11.6 Å². The van der Waals surface area contributed by atoms with Crippen LogP contribution in [0.4, 0.5) is 8.78 Å². The second-order valence-corrected chi connectivity index (χ2v) is 7.80. The van der Waals surface area contributed by atoms with Crippen LogP contribution in [0, 0.1) is 18.6 Å². The van der Waals surface area contributed by atoms with E-state index in [1.165, 1.54) is 12.1 Å². The van der Waals surface area contributed by atoms with E-state index in [1.54, 1.807) is 4.90 Å². The Labute approximate surface area is 169 Å². The van der Waals surface area contributed by atoms with Gasteiger partial charge in [0.25, 0.3) is 5.91 Å². The van der Waals surface area contributed by atoms with Gasteiger partial charge in [-0.25, -0.2) is 8.78 Å². The molecule has 146 valence electrons. The van der Waals surface area contributed by atoms with Crippen molar-refractivity contribution in [3.63, 3.8) is 0 Å². The Morgan fingerprint density at radius 1 is 1.18 bits per heavy atom. The van der Waals surface area contributed by atoms with Crippen molar-refractivity contribution < 1.29 is 22.7 Å². The molecule has 0 unspecified atom stereocenters. The molecule has 2 heterocycles. The molecule has 0 atom stereocenters. The summed E-state index contributed by atoms with van der Waals surface area (Å²) >= 11 is 3.43. The van der Waals surface area contributed by atoms with E-state index in [1.807, 2.05) is 25.1 Å². The van der Waals surface area contributed by atoms with Crippen molar-refractivity contribution in [2.75, 3.05) is 13.1 Å². The van der Waals surface area contributed by atoms with E-state index in [-0.39, 0.29) is 17.8 Å². The van der Waals surface area contributed by atoms with Crippen LogP contribution in [0.3, 0.4) is 0 Å². The molecule has 0 spiro atoms. The Kier molecular flexibility index (Phi) is 5.10. The van der Waals surface area contributed by atoms with E-state index in [9.17, 15) is 13.6 Å². The number of carbonyl (C=O) groups is 1. The molecule has 1 aliphatic rings. The van der Waals surface area contributed by atoms with Gasteiger partial charge >= 0.3 is 0 Å². The molecule has 1 amide bonds. The number of piperidine rings is 1. The number of carbonyl (C=O) groups excluding carboxylic acids is 1. The summed E-state index contributed by atoms with van der Waals surface area (Å²) in [6, 6.07) is 8.90. The summed E-state index contributed by atoms with van der Waals surface area (Å²) < 4.78 is 39.1. The van der Waals surface area contributed by atoms with E-state index in [2.05, 4.69) is 15.9 Å². The highest BCUT2D eigenvalue weighted by Crippen LogP contribution is 2.30. The summed E-state index contributed by atoms with van der Waals surface area (Å²) in [5.74, 6) is -1.14. The van der Waals surface area contributed by atoms with Crippen LogP contribution in [0.15, 0.2) is 45.3 Å². The fourth-order valence-corrected chi connectivity index (χ4v) is 3.83. The van der Waals surface area contributed by atoms with Crippen molar-refractivity contribution in [1.82, 2.24) is 4.90 Å². The minimum Gasteiger partial charge on any atom is -0.487 e.